The molecule has 1 rings (SSSR count). The van der Waals surface area contributed by atoms with E-state index in [1.54, 1.807) is 12.0 Å². The van der Waals surface area contributed by atoms with Gasteiger partial charge >= 0.3 is 6.18 Å². The van der Waals surface area contributed by atoms with Crippen LogP contribution < -0.4 is 0 Å². The average molecular weight is 283 g/mol. The van der Waals surface area contributed by atoms with Crippen molar-refractivity contribution in [2.24, 2.45) is 5.92 Å². The Bertz CT molecular complexity index is 269. The lowest BCUT2D eigenvalue weighted by atomic mass is 9.99. The van der Waals surface area contributed by atoms with Crippen molar-refractivity contribution >= 4 is 0 Å². The molecule has 1 fully saturated rings. The summed E-state index contributed by atoms with van der Waals surface area (Å²) in [5.74, 6) is 0.353. The molecule has 0 amide bonds. The summed E-state index contributed by atoms with van der Waals surface area (Å²) in [5, 5.41) is 9.57. The van der Waals surface area contributed by atoms with Crippen molar-refractivity contribution in [1.29, 1.82) is 0 Å². The Kier molecular flexibility index (Phi) is 6.08. The van der Waals surface area contributed by atoms with Gasteiger partial charge in [0.15, 0.2) is 5.60 Å². The fraction of sp³-hybridized carbons (Fsp3) is 1.00. The van der Waals surface area contributed by atoms with E-state index in [0.717, 1.165) is 32.6 Å². The van der Waals surface area contributed by atoms with Crippen molar-refractivity contribution in [2.75, 3.05) is 33.4 Å². The molecule has 1 aliphatic heterocycles. The van der Waals surface area contributed by atoms with Gasteiger partial charge in [-0.2, -0.15) is 13.2 Å². The summed E-state index contributed by atoms with van der Waals surface area (Å²) in [6.07, 6.45) is -0.785. The molecular weight excluding hydrogens is 259 g/mol. The van der Waals surface area contributed by atoms with Gasteiger partial charge < -0.3 is 9.84 Å². The third-order valence-corrected chi connectivity index (χ3v) is 3.73. The molecule has 19 heavy (non-hydrogen) atoms. The van der Waals surface area contributed by atoms with Crippen molar-refractivity contribution in [1.82, 2.24) is 4.90 Å². The monoisotopic (exact) mass is 283 g/mol. The van der Waals surface area contributed by atoms with Gasteiger partial charge in [-0.25, -0.2) is 0 Å². The minimum atomic E-state index is -4.58. The van der Waals surface area contributed by atoms with Crippen LogP contribution in [0, 0.1) is 5.92 Å². The van der Waals surface area contributed by atoms with Gasteiger partial charge in [0, 0.05) is 26.8 Å². The summed E-state index contributed by atoms with van der Waals surface area (Å²) in [6.45, 7) is 2.36. The van der Waals surface area contributed by atoms with E-state index in [1.807, 2.05) is 0 Å². The summed E-state index contributed by atoms with van der Waals surface area (Å²) in [7, 11) is 1.63. The number of likely N-dealkylation sites (tertiary alicyclic amines) is 1. The Morgan fingerprint density at radius 2 is 2.00 bits per heavy atom. The zero-order valence-electron chi connectivity index (χ0n) is 11.7. The highest BCUT2D eigenvalue weighted by Crippen LogP contribution is 2.31. The highest BCUT2D eigenvalue weighted by molar-refractivity contribution is 4.86. The van der Waals surface area contributed by atoms with E-state index in [1.165, 1.54) is 0 Å². The third kappa shape index (κ3) is 5.28. The van der Waals surface area contributed by atoms with Crippen LogP contribution in [0.2, 0.25) is 0 Å². The molecule has 6 heteroatoms. The first-order chi connectivity index (χ1) is 8.76. The minimum absolute atomic E-state index is 0.347. The van der Waals surface area contributed by atoms with Gasteiger partial charge in [0.25, 0.3) is 0 Å². The fourth-order valence-corrected chi connectivity index (χ4v) is 2.50. The third-order valence-electron chi connectivity index (χ3n) is 3.73. The number of rotatable bonds is 5. The molecule has 114 valence electrons. The van der Waals surface area contributed by atoms with Crippen molar-refractivity contribution in [3.05, 3.63) is 0 Å². The number of hydrogen-bond acceptors (Lipinski definition) is 3. The van der Waals surface area contributed by atoms with Gasteiger partial charge in [-0.15, -0.1) is 0 Å². The number of hydrogen-bond donors (Lipinski definition) is 1. The molecular formula is C13H24F3NO2. The van der Waals surface area contributed by atoms with Gasteiger partial charge in [0.05, 0.1) is 0 Å². The van der Waals surface area contributed by atoms with Crippen LogP contribution in [0.3, 0.4) is 0 Å². The molecule has 0 aromatic carbocycles. The quantitative estimate of drug-likeness (QED) is 0.841. The highest BCUT2D eigenvalue weighted by Gasteiger charge is 2.50. The van der Waals surface area contributed by atoms with E-state index < -0.39 is 11.8 Å². The molecule has 1 heterocycles. The molecule has 0 saturated carbocycles. The largest absolute Gasteiger partial charge is 0.418 e. The summed E-state index contributed by atoms with van der Waals surface area (Å²) < 4.78 is 43.1. The zero-order valence-corrected chi connectivity index (χ0v) is 11.7. The van der Waals surface area contributed by atoms with E-state index >= 15 is 0 Å². The lowest BCUT2D eigenvalue weighted by Gasteiger charge is -2.33. The molecule has 0 unspecified atom stereocenters. The van der Waals surface area contributed by atoms with E-state index in [-0.39, 0.29) is 6.54 Å². The molecule has 0 radical (unpaired) electrons. The van der Waals surface area contributed by atoms with Crippen LogP contribution in [0.15, 0.2) is 0 Å². The normalized spacial score (nSPS) is 25.9. The maximum Gasteiger partial charge on any atom is 0.418 e. The van der Waals surface area contributed by atoms with Crippen LogP contribution in [-0.4, -0.2) is 55.1 Å². The van der Waals surface area contributed by atoms with Crippen LogP contribution >= 0.6 is 0 Å². The Balaban J connectivity index is 2.56. The van der Waals surface area contributed by atoms with Gasteiger partial charge in [-0.3, -0.25) is 4.90 Å². The first-order valence-electron chi connectivity index (χ1n) is 6.76. The van der Waals surface area contributed by atoms with Crippen molar-refractivity contribution in [2.45, 2.75) is 44.4 Å². The van der Waals surface area contributed by atoms with Gasteiger partial charge in [0.1, 0.15) is 0 Å². The number of nitrogens with zero attached hydrogens (tertiary/aromatic N) is 1. The molecule has 1 N–H and O–H groups in total. The molecule has 2 atom stereocenters. The van der Waals surface area contributed by atoms with Crippen LogP contribution in [0.5, 0.6) is 0 Å². The summed E-state index contributed by atoms with van der Waals surface area (Å²) in [4.78, 5) is 1.74. The van der Waals surface area contributed by atoms with Crippen molar-refractivity contribution < 1.29 is 23.0 Å². The smallest absolute Gasteiger partial charge is 0.385 e. The highest BCUT2D eigenvalue weighted by atomic mass is 19.4. The molecule has 0 aromatic heterocycles. The lowest BCUT2D eigenvalue weighted by Crippen LogP contribution is -2.52. The standard InChI is InChI=1S/C13H24F3NO2/c1-12(18,13(14,15)16)10-17-7-4-3-5-11(9-17)6-8-19-2/h11,18H,3-10H2,1-2H3/t11-,12+/m0/s1. The predicted octanol–water partition coefficient (Wildman–Crippen LogP) is 2.44. The van der Waals surface area contributed by atoms with Gasteiger partial charge in [-0.1, -0.05) is 6.42 Å². The van der Waals surface area contributed by atoms with Gasteiger partial charge in [0.2, 0.25) is 0 Å². The van der Waals surface area contributed by atoms with Gasteiger partial charge in [-0.05, 0) is 38.6 Å². The van der Waals surface area contributed by atoms with Crippen LogP contribution in [0.25, 0.3) is 0 Å². The number of methoxy groups -OCH3 is 1. The second kappa shape index (κ2) is 6.90. The van der Waals surface area contributed by atoms with E-state index in [2.05, 4.69) is 0 Å². The van der Waals surface area contributed by atoms with Crippen LogP contribution in [0.4, 0.5) is 13.2 Å². The van der Waals surface area contributed by atoms with E-state index in [4.69, 9.17) is 4.74 Å². The first kappa shape index (κ1) is 16.7. The molecule has 1 saturated heterocycles. The van der Waals surface area contributed by atoms with Crippen LogP contribution in [0.1, 0.15) is 32.6 Å². The molecule has 0 aliphatic carbocycles. The second-order valence-corrected chi connectivity index (χ2v) is 5.65. The Hall–Kier alpha value is -0.330. The maximum absolute atomic E-state index is 12.7. The second-order valence-electron chi connectivity index (χ2n) is 5.65. The number of aliphatic hydroxyl groups is 1. The number of ether oxygens (including phenoxy) is 1. The number of β-amino-alcohol motifs (C(OH)–C–C–N with tert-alkyl or cyclic N) is 1. The zero-order chi connectivity index (χ0) is 14.5. The molecule has 1 aliphatic rings. The maximum atomic E-state index is 12.7. The molecule has 0 aromatic rings. The lowest BCUT2D eigenvalue weighted by molar-refractivity contribution is -0.257. The molecule has 3 nitrogen and oxygen atoms in total. The topological polar surface area (TPSA) is 32.7 Å². The minimum Gasteiger partial charge on any atom is -0.385 e. The number of alkyl halides is 3. The molecule has 0 spiro atoms. The average Bonchev–Trinajstić information content (AvgIpc) is 2.49. The van der Waals surface area contributed by atoms with E-state index in [9.17, 15) is 18.3 Å². The van der Waals surface area contributed by atoms with Crippen molar-refractivity contribution in [3.8, 4) is 0 Å². The summed E-state index contributed by atoms with van der Waals surface area (Å²) in [6, 6.07) is 0. The number of halogens is 3. The van der Waals surface area contributed by atoms with Crippen molar-refractivity contribution in [3.63, 3.8) is 0 Å². The first-order valence-corrected chi connectivity index (χ1v) is 6.76. The summed E-state index contributed by atoms with van der Waals surface area (Å²) >= 11 is 0. The van der Waals surface area contributed by atoms with E-state index in [0.29, 0.717) is 25.6 Å². The van der Waals surface area contributed by atoms with Crippen LogP contribution in [-0.2, 0) is 4.74 Å². The predicted molar refractivity (Wildman–Crippen MR) is 67.0 cm³/mol. The summed E-state index contributed by atoms with van der Waals surface area (Å²) in [5.41, 5.74) is -2.64. The Morgan fingerprint density at radius 1 is 1.32 bits per heavy atom. The Labute approximate surface area is 112 Å². The molecule has 0 bridgehead atoms. The SMILES string of the molecule is COCC[C@@H]1CCCCN(C[C@@](C)(O)C(F)(F)F)C1. The fourth-order valence-electron chi connectivity index (χ4n) is 2.50. The Morgan fingerprint density at radius 3 is 2.58 bits per heavy atom.